The molecule has 0 saturated heterocycles. The van der Waals surface area contributed by atoms with Crippen LogP contribution in [0.1, 0.15) is 68.2 Å². The normalized spacial score (nSPS) is 40.1. The van der Waals surface area contributed by atoms with Crippen LogP contribution in [0, 0.1) is 28.6 Å². The van der Waals surface area contributed by atoms with Crippen molar-refractivity contribution in [3.63, 3.8) is 0 Å². The van der Waals surface area contributed by atoms with Crippen LogP contribution in [0.25, 0.3) is 0 Å². The zero-order chi connectivity index (χ0) is 24.5. The lowest BCUT2D eigenvalue weighted by atomic mass is 9.54. The van der Waals surface area contributed by atoms with E-state index in [9.17, 15) is 14.4 Å². The summed E-state index contributed by atoms with van der Waals surface area (Å²) in [7, 11) is 0. The summed E-state index contributed by atoms with van der Waals surface area (Å²) >= 11 is 0. The second kappa shape index (κ2) is 7.27. The van der Waals surface area contributed by atoms with Gasteiger partial charge in [-0.25, -0.2) is 9.59 Å². The summed E-state index contributed by atoms with van der Waals surface area (Å²) in [5.74, 6) is -0.878. The van der Waals surface area contributed by atoms with E-state index < -0.39 is 34.0 Å². The van der Waals surface area contributed by atoms with E-state index in [-0.39, 0.29) is 23.5 Å². The first-order valence-corrected chi connectivity index (χ1v) is 12.1. The number of carbonyl (C=O) groups excluding carboxylic acids is 3. The van der Waals surface area contributed by atoms with Gasteiger partial charge in [0.2, 0.25) is 0 Å². The Hall–Kier alpha value is -2.95. The average Bonchev–Trinajstić information content (AvgIpc) is 3.34. The van der Waals surface area contributed by atoms with Crippen LogP contribution in [-0.4, -0.2) is 28.9 Å². The number of benzene rings is 2. The molecule has 0 heterocycles. The highest BCUT2D eigenvalue weighted by Gasteiger charge is 2.88. The Bertz CT molecular complexity index is 1160. The molecular weight excluding hydrogens is 428 g/mol. The van der Waals surface area contributed by atoms with Crippen molar-refractivity contribution in [3.8, 4) is 0 Å². The minimum absolute atomic E-state index is 0.0126. The smallest absolute Gasteiger partial charge is 0.338 e. The Morgan fingerprint density at radius 1 is 0.765 bits per heavy atom. The molecule has 3 aliphatic carbocycles. The minimum atomic E-state index is -1.22. The maximum Gasteiger partial charge on any atom is 0.338 e. The number of hydrogen-bond donors (Lipinski definition) is 0. The first-order valence-electron chi connectivity index (χ1n) is 12.1. The van der Waals surface area contributed by atoms with Gasteiger partial charge in [0.05, 0.1) is 11.1 Å². The van der Waals surface area contributed by atoms with Crippen molar-refractivity contribution < 1.29 is 23.9 Å². The Balaban J connectivity index is 1.65. The summed E-state index contributed by atoms with van der Waals surface area (Å²) in [6, 6.07) is 17.7. The van der Waals surface area contributed by atoms with Crippen molar-refractivity contribution >= 4 is 17.7 Å². The fourth-order valence-electron chi connectivity index (χ4n) is 8.01. The van der Waals surface area contributed by atoms with Gasteiger partial charge in [0.1, 0.15) is 5.78 Å². The highest BCUT2D eigenvalue weighted by Crippen LogP contribution is 2.81. The van der Waals surface area contributed by atoms with E-state index in [0.717, 1.165) is 6.42 Å². The summed E-state index contributed by atoms with van der Waals surface area (Å²) in [5.41, 5.74) is -2.71. The Morgan fingerprint density at radius 2 is 1.21 bits per heavy atom. The molecule has 5 heteroatoms. The minimum Gasteiger partial charge on any atom is -0.451 e. The topological polar surface area (TPSA) is 69.7 Å². The van der Waals surface area contributed by atoms with E-state index in [0.29, 0.717) is 17.5 Å². The lowest BCUT2D eigenvalue weighted by Crippen LogP contribution is -2.69. The number of rotatable bonds is 4. The summed E-state index contributed by atoms with van der Waals surface area (Å²) in [4.78, 5) is 40.0. The maximum atomic E-state index is 13.4. The van der Waals surface area contributed by atoms with Crippen LogP contribution >= 0.6 is 0 Å². The maximum absolute atomic E-state index is 13.4. The van der Waals surface area contributed by atoms with Crippen molar-refractivity contribution in [1.29, 1.82) is 0 Å². The molecule has 2 aromatic rings. The third-order valence-corrected chi connectivity index (χ3v) is 10.2. The van der Waals surface area contributed by atoms with Gasteiger partial charge in [-0.1, -0.05) is 57.2 Å². The fourth-order valence-corrected chi connectivity index (χ4v) is 8.01. The lowest BCUT2D eigenvalue weighted by Gasteiger charge is -2.57. The lowest BCUT2D eigenvalue weighted by molar-refractivity contribution is -0.230. The third-order valence-electron chi connectivity index (χ3n) is 10.2. The molecule has 3 aliphatic rings. The summed E-state index contributed by atoms with van der Waals surface area (Å²) < 4.78 is 12.8. The molecule has 7 unspecified atom stereocenters. The number of hydrogen-bond acceptors (Lipinski definition) is 5. The molecule has 178 valence electrons. The second-order valence-corrected chi connectivity index (χ2v) is 11.0. The van der Waals surface area contributed by atoms with E-state index in [1.54, 1.807) is 48.5 Å². The van der Waals surface area contributed by atoms with Crippen LogP contribution in [0.4, 0.5) is 0 Å². The predicted molar refractivity (Wildman–Crippen MR) is 127 cm³/mol. The zero-order valence-corrected chi connectivity index (χ0v) is 20.5. The van der Waals surface area contributed by atoms with Crippen LogP contribution < -0.4 is 0 Å². The number of ether oxygens (including phenoxy) is 2. The summed E-state index contributed by atoms with van der Waals surface area (Å²) in [5, 5.41) is 0. The average molecular weight is 461 g/mol. The molecule has 0 aliphatic heterocycles. The third kappa shape index (κ3) is 2.53. The quantitative estimate of drug-likeness (QED) is 0.565. The van der Waals surface area contributed by atoms with Gasteiger partial charge in [-0.2, -0.15) is 0 Å². The summed E-state index contributed by atoms with van der Waals surface area (Å²) in [6.07, 6.45) is 1.28. The van der Waals surface area contributed by atoms with Gasteiger partial charge in [-0.15, -0.1) is 0 Å². The van der Waals surface area contributed by atoms with Crippen molar-refractivity contribution in [1.82, 2.24) is 0 Å². The number of carbonyl (C=O) groups is 3. The molecule has 0 N–H and O–H groups in total. The van der Waals surface area contributed by atoms with Crippen LogP contribution in [0.15, 0.2) is 60.7 Å². The highest BCUT2D eigenvalue weighted by atomic mass is 16.6. The van der Waals surface area contributed by atoms with E-state index in [1.807, 2.05) is 26.0 Å². The number of esters is 2. The van der Waals surface area contributed by atoms with Gasteiger partial charge in [0.15, 0.2) is 11.2 Å². The molecule has 5 rings (SSSR count). The summed E-state index contributed by atoms with van der Waals surface area (Å²) in [6.45, 7) is 10.1. The van der Waals surface area contributed by atoms with Crippen LogP contribution in [0.2, 0.25) is 0 Å². The SMILES string of the molecule is CC1C2(C)C3CCC(=O)C3C1(C)C(C)(OC(=O)c1ccccc1)C2(C)OC(=O)c1ccccc1. The van der Waals surface area contributed by atoms with Crippen LogP contribution in [0.3, 0.4) is 0 Å². The monoisotopic (exact) mass is 460 g/mol. The molecule has 2 bridgehead atoms. The molecule has 0 spiro atoms. The number of ketones is 1. The standard InChI is InChI=1S/C29H32O5/c1-18-26(2)21-16-17-22(30)23(21)27(18,3)29(5,34-25(32)20-14-10-7-11-15-20)28(26,4)33-24(31)19-12-8-6-9-13-19/h6-15,18,21,23H,16-17H2,1-5H3. The Labute approximate surface area is 200 Å². The van der Waals surface area contributed by atoms with Crippen LogP contribution in [-0.2, 0) is 14.3 Å². The molecule has 7 atom stereocenters. The van der Waals surface area contributed by atoms with Gasteiger partial charge >= 0.3 is 11.9 Å². The van der Waals surface area contributed by atoms with Gasteiger partial charge in [0.25, 0.3) is 0 Å². The van der Waals surface area contributed by atoms with Crippen molar-refractivity contribution in [2.45, 2.75) is 58.7 Å². The van der Waals surface area contributed by atoms with Gasteiger partial charge in [0, 0.05) is 23.2 Å². The number of Topliss-reactive ketones (excluding diaryl/α,β-unsaturated/α-hetero) is 1. The predicted octanol–water partition coefficient (Wildman–Crippen LogP) is 5.49. The Kier molecular flexibility index (Phi) is 4.88. The first-order chi connectivity index (χ1) is 16.0. The first kappa shape index (κ1) is 22.8. The van der Waals surface area contributed by atoms with Crippen molar-refractivity contribution in [2.75, 3.05) is 0 Å². The van der Waals surface area contributed by atoms with E-state index in [1.165, 1.54) is 0 Å². The van der Waals surface area contributed by atoms with Gasteiger partial charge < -0.3 is 9.47 Å². The Morgan fingerprint density at radius 3 is 1.68 bits per heavy atom. The molecular formula is C29H32O5. The van der Waals surface area contributed by atoms with E-state index in [2.05, 4.69) is 20.8 Å². The van der Waals surface area contributed by atoms with E-state index in [4.69, 9.17) is 9.47 Å². The van der Waals surface area contributed by atoms with Crippen molar-refractivity contribution in [2.24, 2.45) is 28.6 Å². The molecule has 3 fully saturated rings. The largest absolute Gasteiger partial charge is 0.451 e. The molecule has 3 saturated carbocycles. The zero-order valence-electron chi connectivity index (χ0n) is 20.5. The number of fused-ring (bicyclic) bond motifs is 5. The second-order valence-electron chi connectivity index (χ2n) is 11.0. The molecule has 0 aromatic heterocycles. The van der Waals surface area contributed by atoms with Gasteiger partial charge in [-0.3, -0.25) is 4.79 Å². The van der Waals surface area contributed by atoms with E-state index >= 15 is 0 Å². The van der Waals surface area contributed by atoms with Gasteiger partial charge in [-0.05, 0) is 56.4 Å². The van der Waals surface area contributed by atoms with Crippen LogP contribution in [0.5, 0.6) is 0 Å². The molecule has 34 heavy (non-hydrogen) atoms. The molecule has 0 amide bonds. The molecule has 0 radical (unpaired) electrons. The molecule has 5 nitrogen and oxygen atoms in total. The molecule has 2 aromatic carbocycles. The highest BCUT2D eigenvalue weighted by molar-refractivity contribution is 5.92. The fraction of sp³-hybridized carbons (Fsp3) is 0.483. The van der Waals surface area contributed by atoms with Crippen molar-refractivity contribution in [3.05, 3.63) is 71.8 Å².